The monoisotopic (exact) mass is 306 g/mol. The van der Waals surface area contributed by atoms with E-state index in [0.29, 0.717) is 17.1 Å². The smallest absolute Gasteiger partial charge is 0.254 e. The van der Waals surface area contributed by atoms with E-state index in [9.17, 15) is 4.79 Å². The highest BCUT2D eigenvalue weighted by Gasteiger charge is 2.10. The zero-order valence-corrected chi connectivity index (χ0v) is 12.7. The number of thioether (sulfide) groups is 1. The van der Waals surface area contributed by atoms with Gasteiger partial charge in [-0.05, 0) is 42.5 Å². The van der Waals surface area contributed by atoms with Gasteiger partial charge in [-0.2, -0.15) is 0 Å². The average Bonchev–Trinajstić information content (AvgIpc) is 2.47. The van der Waals surface area contributed by atoms with Gasteiger partial charge in [0.25, 0.3) is 5.91 Å². The summed E-state index contributed by atoms with van der Waals surface area (Å²) in [6.07, 6.45) is 4.35. The maximum Gasteiger partial charge on any atom is 0.254 e. The SMILES string of the molecule is CSc1ncccc1C(=O)NCCc1cccc(Cl)c1. The minimum Gasteiger partial charge on any atom is -0.352 e. The molecule has 0 bridgehead atoms. The summed E-state index contributed by atoms with van der Waals surface area (Å²) >= 11 is 7.39. The second-order valence-corrected chi connectivity index (χ2v) is 5.43. The van der Waals surface area contributed by atoms with E-state index < -0.39 is 0 Å². The van der Waals surface area contributed by atoms with Crippen LogP contribution >= 0.6 is 23.4 Å². The predicted octanol–water partition coefficient (Wildman–Crippen LogP) is 3.43. The Morgan fingerprint density at radius 1 is 1.35 bits per heavy atom. The second kappa shape index (κ2) is 7.31. The van der Waals surface area contributed by atoms with E-state index in [1.807, 2.05) is 30.5 Å². The zero-order chi connectivity index (χ0) is 14.4. The molecule has 0 saturated heterocycles. The van der Waals surface area contributed by atoms with Gasteiger partial charge in [0.1, 0.15) is 5.03 Å². The summed E-state index contributed by atoms with van der Waals surface area (Å²) in [6, 6.07) is 11.2. The first-order valence-corrected chi connectivity index (χ1v) is 7.82. The van der Waals surface area contributed by atoms with Gasteiger partial charge in [-0.1, -0.05) is 23.7 Å². The summed E-state index contributed by atoms with van der Waals surface area (Å²) in [5.74, 6) is -0.0931. The summed E-state index contributed by atoms with van der Waals surface area (Å²) < 4.78 is 0. The molecule has 2 rings (SSSR count). The highest BCUT2D eigenvalue weighted by Crippen LogP contribution is 2.16. The van der Waals surface area contributed by atoms with Crippen LogP contribution in [-0.2, 0) is 6.42 Å². The first-order valence-electron chi connectivity index (χ1n) is 6.22. The van der Waals surface area contributed by atoms with Gasteiger partial charge in [0.05, 0.1) is 5.56 Å². The maximum atomic E-state index is 12.1. The van der Waals surface area contributed by atoms with E-state index in [4.69, 9.17) is 11.6 Å². The quantitative estimate of drug-likeness (QED) is 0.861. The minimum atomic E-state index is -0.0931. The van der Waals surface area contributed by atoms with Crippen LogP contribution in [0.1, 0.15) is 15.9 Å². The van der Waals surface area contributed by atoms with Crippen molar-refractivity contribution in [3.8, 4) is 0 Å². The molecule has 0 spiro atoms. The Morgan fingerprint density at radius 2 is 2.20 bits per heavy atom. The molecule has 1 N–H and O–H groups in total. The summed E-state index contributed by atoms with van der Waals surface area (Å²) in [5.41, 5.74) is 1.72. The van der Waals surface area contributed by atoms with E-state index in [0.717, 1.165) is 17.0 Å². The highest BCUT2D eigenvalue weighted by atomic mass is 35.5. The first-order chi connectivity index (χ1) is 9.70. The molecule has 0 fully saturated rings. The molecule has 1 heterocycles. The lowest BCUT2D eigenvalue weighted by Gasteiger charge is -2.08. The third-order valence-corrected chi connectivity index (χ3v) is 3.74. The Labute approximate surface area is 127 Å². The van der Waals surface area contributed by atoms with E-state index in [1.165, 1.54) is 11.8 Å². The molecule has 104 valence electrons. The number of carbonyl (C=O) groups excluding carboxylic acids is 1. The van der Waals surface area contributed by atoms with E-state index in [2.05, 4.69) is 10.3 Å². The third-order valence-electron chi connectivity index (χ3n) is 2.80. The van der Waals surface area contributed by atoms with E-state index in [-0.39, 0.29) is 5.91 Å². The summed E-state index contributed by atoms with van der Waals surface area (Å²) in [7, 11) is 0. The van der Waals surface area contributed by atoms with Crippen molar-refractivity contribution in [3.63, 3.8) is 0 Å². The zero-order valence-electron chi connectivity index (χ0n) is 11.1. The molecule has 0 aliphatic heterocycles. The molecule has 2 aromatic rings. The fourth-order valence-electron chi connectivity index (χ4n) is 1.83. The summed E-state index contributed by atoms with van der Waals surface area (Å²) in [5, 5.41) is 4.36. The number of rotatable bonds is 5. The van der Waals surface area contributed by atoms with Crippen LogP contribution in [0.5, 0.6) is 0 Å². The number of pyridine rings is 1. The van der Waals surface area contributed by atoms with Crippen molar-refractivity contribution < 1.29 is 4.79 Å². The number of benzene rings is 1. The lowest BCUT2D eigenvalue weighted by molar-refractivity contribution is 0.0950. The van der Waals surface area contributed by atoms with Crippen LogP contribution in [0.25, 0.3) is 0 Å². The molecule has 20 heavy (non-hydrogen) atoms. The van der Waals surface area contributed by atoms with Gasteiger partial charge in [-0.15, -0.1) is 11.8 Å². The lowest BCUT2D eigenvalue weighted by atomic mass is 10.1. The Bertz CT molecular complexity index is 604. The molecule has 5 heteroatoms. The van der Waals surface area contributed by atoms with Gasteiger partial charge >= 0.3 is 0 Å². The number of hydrogen-bond donors (Lipinski definition) is 1. The van der Waals surface area contributed by atoms with Crippen molar-refractivity contribution in [2.45, 2.75) is 11.4 Å². The molecule has 1 aromatic heterocycles. The minimum absolute atomic E-state index is 0.0931. The number of nitrogens with zero attached hydrogens (tertiary/aromatic N) is 1. The van der Waals surface area contributed by atoms with Crippen molar-refractivity contribution in [1.82, 2.24) is 10.3 Å². The number of carbonyl (C=O) groups is 1. The molecule has 1 amide bonds. The predicted molar refractivity (Wildman–Crippen MR) is 83.5 cm³/mol. The molecule has 0 saturated carbocycles. The molecule has 0 radical (unpaired) electrons. The maximum absolute atomic E-state index is 12.1. The van der Waals surface area contributed by atoms with Crippen LogP contribution in [0, 0.1) is 0 Å². The van der Waals surface area contributed by atoms with Gasteiger partial charge in [0.2, 0.25) is 0 Å². The number of hydrogen-bond acceptors (Lipinski definition) is 3. The van der Waals surface area contributed by atoms with Crippen LogP contribution < -0.4 is 5.32 Å². The standard InChI is InChI=1S/C15H15ClN2OS/c1-20-15-13(6-3-8-18-15)14(19)17-9-7-11-4-2-5-12(16)10-11/h2-6,8,10H,7,9H2,1H3,(H,17,19). The lowest BCUT2D eigenvalue weighted by Crippen LogP contribution is -2.26. The molecule has 0 atom stereocenters. The number of halogens is 1. The topological polar surface area (TPSA) is 42.0 Å². The Kier molecular flexibility index (Phi) is 5.44. The fourth-order valence-corrected chi connectivity index (χ4v) is 2.59. The van der Waals surface area contributed by atoms with Crippen molar-refractivity contribution >= 4 is 29.3 Å². The van der Waals surface area contributed by atoms with Crippen molar-refractivity contribution in [2.75, 3.05) is 12.8 Å². The number of amides is 1. The number of nitrogens with one attached hydrogen (secondary N) is 1. The van der Waals surface area contributed by atoms with E-state index in [1.54, 1.807) is 18.3 Å². The average molecular weight is 307 g/mol. The molecule has 0 aliphatic rings. The van der Waals surface area contributed by atoms with Crippen molar-refractivity contribution in [1.29, 1.82) is 0 Å². The molecule has 3 nitrogen and oxygen atoms in total. The Morgan fingerprint density at radius 3 is 2.95 bits per heavy atom. The molecule has 0 unspecified atom stereocenters. The number of aromatic nitrogens is 1. The summed E-state index contributed by atoms with van der Waals surface area (Å²) in [6.45, 7) is 0.571. The molecular formula is C15H15ClN2OS. The first kappa shape index (κ1) is 14.9. The largest absolute Gasteiger partial charge is 0.352 e. The molecule has 0 aliphatic carbocycles. The fraction of sp³-hybridized carbons (Fsp3) is 0.200. The highest BCUT2D eigenvalue weighted by molar-refractivity contribution is 7.98. The van der Waals surface area contributed by atoms with Gasteiger partial charge in [-0.25, -0.2) is 4.98 Å². The third kappa shape index (κ3) is 3.99. The van der Waals surface area contributed by atoms with Crippen molar-refractivity contribution in [2.24, 2.45) is 0 Å². The normalized spacial score (nSPS) is 10.3. The van der Waals surface area contributed by atoms with Crippen LogP contribution in [0.4, 0.5) is 0 Å². The Hall–Kier alpha value is -1.52. The van der Waals surface area contributed by atoms with Gasteiger partial charge in [0.15, 0.2) is 0 Å². The van der Waals surface area contributed by atoms with Gasteiger partial charge < -0.3 is 5.32 Å². The van der Waals surface area contributed by atoms with Crippen LogP contribution in [0.15, 0.2) is 47.6 Å². The molecule has 1 aromatic carbocycles. The van der Waals surface area contributed by atoms with Crippen LogP contribution in [0.3, 0.4) is 0 Å². The molecular weight excluding hydrogens is 292 g/mol. The Balaban J connectivity index is 1.92. The van der Waals surface area contributed by atoms with Gasteiger partial charge in [0, 0.05) is 17.8 Å². The summed E-state index contributed by atoms with van der Waals surface area (Å²) in [4.78, 5) is 16.3. The van der Waals surface area contributed by atoms with Crippen LogP contribution in [0.2, 0.25) is 5.02 Å². The van der Waals surface area contributed by atoms with Crippen LogP contribution in [-0.4, -0.2) is 23.7 Å². The van der Waals surface area contributed by atoms with E-state index >= 15 is 0 Å². The second-order valence-electron chi connectivity index (χ2n) is 4.20. The van der Waals surface area contributed by atoms with Crippen molar-refractivity contribution in [3.05, 3.63) is 58.7 Å². The van der Waals surface area contributed by atoms with Gasteiger partial charge in [-0.3, -0.25) is 4.79 Å².